The second kappa shape index (κ2) is 7.83. The van der Waals surface area contributed by atoms with Crippen molar-refractivity contribution in [3.63, 3.8) is 0 Å². The molecule has 0 bridgehead atoms. The summed E-state index contributed by atoms with van der Waals surface area (Å²) in [5.41, 5.74) is 0. The van der Waals surface area contributed by atoms with Crippen LogP contribution in [0.2, 0.25) is 0 Å². The fourth-order valence-electron chi connectivity index (χ4n) is 1.95. The molecule has 1 rings (SSSR count). The van der Waals surface area contributed by atoms with Gasteiger partial charge in [-0.2, -0.15) is 0 Å². The number of rotatable bonds is 7. The van der Waals surface area contributed by atoms with Crippen LogP contribution in [0.3, 0.4) is 0 Å². The van der Waals surface area contributed by atoms with Gasteiger partial charge in [-0.1, -0.05) is 26.2 Å². The van der Waals surface area contributed by atoms with Crippen LogP contribution in [0.15, 0.2) is 0 Å². The Morgan fingerprint density at radius 1 is 1.40 bits per heavy atom. The molecular formula is C12H23NO2. The predicted octanol–water partition coefficient (Wildman–Crippen LogP) is 1.76. The summed E-state index contributed by atoms with van der Waals surface area (Å²) >= 11 is 0. The van der Waals surface area contributed by atoms with Gasteiger partial charge in [-0.15, -0.1) is 0 Å². The summed E-state index contributed by atoms with van der Waals surface area (Å²) in [6.45, 7) is 4.78. The Morgan fingerprint density at radius 2 is 2.27 bits per heavy atom. The number of carbonyl (C=O) groups is 1. The molecule has 3 nitrogen and oxygen atoms in total. The van der Waals surface area contributed by atoms with Crippen LogP contribution in [-0.4, -0.2) is 32.1 Å². The lowest BCUT2D eigenvalue weighted by Gasteiger charge is -2.28. The fourth-order valence-corrected chi connectivity index (χ4v) is 1.95. The molecule has 0 aliphatic carbocycles. The van der Waals surface area contributed by atoms with Crippen LogP contribution in [0.1, 0.15) is 39.0 Å². The SMILES string of the molecule is CCCCCCO[C@H]1CNCC[C@@H]1C=O. The van der Waals surface area contributed by atoms with Crippen molar-refractivity contribution in [3.8, 4) is 0 Å². The van der Waals surface area contributed by atoms with E-state index in [0.717, 1.165) is 38.8 Å². The van der Waals surface area contributed by atoms with E-state index in [1.807, 2.05) is 0 Å². The van der Waals surface area contributed by atoms with Crippen LogP contribution in [0, 0.1) is 5.92 Å². The van der Waals surface area contributed by atoms with Crippen molar-refractivity contribution in [2.45, 2.75) is 45.1 Å². The first-order valence-electron chi connectivity index (χ1n) is 6.16. The zero-order chi connectivity index (χ0) is 10.9. The van der Waals surface area contributed by atoms with Crippen LogP contribution >= 0.6 is 0 Å². The monoisotopic (exact) mass is 213 g/mol. The standard InChI is InChI=1S/C12H23NO2/c1-2-3-4-5-8-15-12-9-13-7-6-11(12)10-14/h10-13H,2-9H2,1H3/t11-,12+/m1/s1. The highest BCUT2D eigenvalue weighted by atomic mass is 16.5. The number of piperidine rings is 1. The third-order valence-corrected chi connectivity index (χ3v) is 2.98. The van der Waals surface area contributed by atoms with E-state index < -0.39 is 0 Å². The van der Waals surface area contributed by atoms with E-state index in [-0.39, 0.29) is 12.0 Å². The zero-order valence-corrected chi connectivity index (χ0v) is 9.71. The van der Waals surface area contributed by atoms with Crippen molar-refractivity contribution in [1.29, 1.82) is 0 Å². The topological polar surface area (TPSA) is 38.3 Å². The smallest absolute Gasteiger partial charge is 0.125 e. The van der Waals surface area contributed by atoms with Gasteiger partial charge in [0.15, 0.2) is 0 Å². The van der Waals surface area contributed by atoms with Crippen molar-refractivity contribution >= 4 is 6.29 Å². The molecule has 0 aromatic carbocycles. The molecule has 1 saturated heterocycles. The summed E-state index contributed by atoms with van der Waals surface area (Å²) in [6, 6.07) is 0. The molecule has 1 aliphatic heterocycles. The Kier molecular flexibility index (Phi) is 6.60. The summed E-state index contributed by atoms with van der Waals surface area (Å²) in [4.78, 5) is 10.8. The highest BCUT2D eigenvalue weighted by Crippen LogP contribution is 2.14. The van der Waals surface area contributed by atoms with Gasteiger partial charge < -0.3 is 14.8 Å². The Hall–Kier alpha value is -0.410. The van der Waals surface area contributed by atoms with Crippen molar-refractivity contribution in [3.05, 3.63) is 0 Å². The molecule has 88 valence electrons. The molecule has 2 atom stereocenters. The number of hydrogen-bond acceptors (Lipinski definition) is 3. The molecule has 0 saturated carbocycles. The fraction of sp³-hybridized carbons (Fsp3) is 0.917. The molecule has 15 heavy (non-hydrogen) atoms. The van der Waals surface area contributed by atoms with Crippen molar-refractivity contribution < 1.29 is 9.53 Å². The lowest BCUT2D eigenvalue weighted by atomic mass is 9.97. The minimum absolute atomic E-state index is 0.109. The van der Waals surface area contributed by atoms with Gasteiger partial charge in [0.1, 0.15) is 6.29 Å². The molecule has 0 amide bonds. The van der Waals surface area contributed by atoms with Gasteiger partial charge in [-0.25, -0.2) is 0 Å². The number of unbranched alkanes of at least 4 members (excludes halogenated alkanes) is 3. The average Bonchev–Trinajstić information content (AvgIpc) is 2.29. The first-order chi connectivity index (χ1) is 7.38. The molecule has 0 aromatic rings. The molecule has 1 fully saturated rings. The highest BCUT2D eigenvalue weighted by Gasteiger charge is 2.24. The van der Waals surface area contributed by atoms with Gasteiger partial charge >= 0.3 is 0 Å². The Balaban J connectivity index is 2.09. The zero-order valence-electron chi connectivity index (χ0n) is 9.71. The van der Waals surface area contributed by atoms with Crippen molar-refractivity contribution in [2.24, 2.45) is 5.92 Å². The van der Waals surface area contributed by atoms with Gasteiger partial charge in [0.25, 0.3) is 0 Å². The second-order valence-corrected chi connectivity index (χ2v) is 4.26. The van der Waals surface area contributed by atoms with E-state index in [4.69, 9.17) is 4.74 Å². The Bertz CT molecular complexity index is 173. The van der Waals surface area contributed by atoms with Gasteiger partial charge in [0.2, 0.25) is 0 Å². The first kappa shape index (κ1) is 12.7. The van der Waals surface area contributed by atoms with E-state index in [1.165, 1.54) is 19.3 Å². The summed E-state index contributed by atoms with van der Waals surface area (Å²) in [5.74, 6) is 0.109. The van der Waals surface area contributed by atoms with Crippen LogP contribution in [0.4, 0.5) is 0 Å². The minimum atomic E-state index is 0.109. The number of hydrogen-bond donors (Lipinski definition) is 1. The maximum absolute atomic E-state index is 10.8. The van der Waals surface area contributed by atoms with E-state index in [9.17, 15) is 4.79 Å². The lowest BCUT2D eigenvalue weighted by molar-refractivity contribution is -0.117. The van der Waals surface area contributed by atoms with E-state index >= 15 is 0 Å². The molecule has 0 aromatic heterocycles. The lowest BCUT2D eigenvalue weighted by Crippen LogP contribution is -2.43. The maximum Gasteiger partial charge on any atom is 0.125 e. The molecule has 1 N–H and O–H groups in total. The Labute approximate surface area is 92.6 Å². The molecule has 0 unspecified atom stereocenters. The number of carbonyl (C=O) groups excluding carboxylic acids is 1. The molecular weight excluding hydrogens is 190 g/mol. The summed E-state index contributed by atoms with van der Waals surface area (Å²) in [7, 11) is 0. The molecule has 0 radical (unpaired) electrons. The van der Waals surface area contributed by atoms with Gasteiger partial charge in [-0.05, 0) is 19.4 Å². The van der Waals surface area contributed by atoms with Crippen LogP contribution < -0.4 is 5.32 Å². The summed E-state index contributed by atoms with van der Waals surface area (Å²) < 4.78 is 5.74. The third kappa shape index (κ3) is 4.76. The highest BCUT2D eigenvalue weighted by molar-refractivity contribution is 5.54. The molecule has 3 heteroatoms. The summed E-state index contributed by atoms with van der Waals surface area (Å²) in [5, 5.41) is 3.27. The molecule has 1 heterocycles. The van der Waals surface area contributed by atoms with E-state index in [2.05, 4.69) is 12.2 Å². The average molecular weight is 213 g/mol. The number of ether oxygens (including phenoxy) is 1. The van der Waals surface area contributed by atoms with Crippen LogP contribution in [0.25, 0.3) is 0 Å². The second-order valence-electron chi connectivity index (χ2n) is 4.26. The van der Waals surface area contributed by atoms with Crippen LogP contribution in [0.5, 0.6) is 0 Å². The molecule has 0 spiro atoms. The van der Waals surface area contributed by atoms with Gasteiger partial charge in [-0.3, -0.25) is 0 Å². The molecule has 1 aliphatic rings. The number of aldehydes is 1. The quantitative estimate of drug-likeness (QED) is 0.517. The van der Waals surface area contributed by atoms with Crippen LogP contribution in [-0.2, 0) is 9.53 Å². The minimum Gasteiger partial charge on any atom is -0.376 e. The first-order valence-corrected chi connectivity index (χ1v) is 6.16. The van der Waals surface area contributed by atoms with Gasteiger partial charge in [0.05, 0.1) is 6.10 Å². The van der Waals surface area contributed by atoms with E-state index in [1.54, 1.807) is 0 Å². The normalized spacial score (nSPS) is 26.5. The predicted molar refractivity (Wildman–Crippen MR) is 60.9 cm³/mol. The van der Waals surface area contributed by atoms with Gasteiger partial charge in [0, 0.05) is 19.1 Å². The Morgan fingerprint density at radius 3 is 3.00 bits per heavy atom. The largest absolute Gasteiger partial charge is 0.376 e. The third-order valence-electron chi connectivity index (χ3n) is 2.98. The number of nitrogens with one attached hydrogen (secondary N) is 1. The summed E-state index contributed by atoms with van der Waals surface area (Å²) in [6.07, 6.45) is 6.97. The van der Waals surface area contributed by atoms with Crippen molar-refractivity contribution in [1.82, 2.24) is 5.32 Å². The van der Waals surface area contributed by atoms with E-state index in [0.29, 0.717) is 0 Å². The maximum atomic E-state index is 10.8. The van der Waals surface area contributed by atoms with Crippen molar-refractivity contribution in [2.75, 3.05) is 19.7 Å².